The van der Waals surface area contributed by atoms with Gasteiger partial charge in [0.1, 0.15) is 0 Å². The third kappa shape index (κ3) is 5.88. The molecule has 20 heavy (non-hydrogen) atoms. The van der Waals surface area contributed by atoms with E-state index in [1.165, 1.54) is 0 Å². The van der Waals surface area contributed by atoms with Gasteiger partial charge in [-0.05, 0) is 34.1 Å². The average Bonchev–Trinajstić information content (AvgIpc) is 2.35. The van der Waals surface area contributed by atoms with Crippen molar-refractivity contribution in [2.45, 2.75) is 52.4 Å². The second-order valence-corrected chi connectivity index (χ2v) is 5.50. The number of rotatable bonds is 5. The molecule has 6 nitrogen and oxygen atoms in total. The molecular formula is C14H26N2O4. The molecule has 116 valence electrons. The molecule has 0 aromatic carbocycles. The number of nitrogens with one attached hydrogen (secondary N) is 1. The van der Waals surface area contributed by atoms with E-state index in [0.29, 0.717) is 32.7 Å². The first-order chi connectivity index (χ1) is 9.40. The van der Waals surface area contributed by atoms with Crippen molar-refractivity contribution in [2.24, 2.45) is 0 Å². The van der Waals surface area contributed by atoms with E-state index in [2.05, 4.69) is 5.32 Å². The van der Waals surface area contributed by atoms with Crippen molar-refractivity contribution in [1.29, 1.82) is 0 Å². The van der Waals surface area contributed by atoms with Gasteiger partial charge < -0.3 is 19.7 Å². The minimum absolute atomic E-state index is 0.0325. The van der Waals surface area contributed by atoms with Crippen LogP contribution in [0, 0.1) is 0 Å². The Hall–Kier alpha value is -1.14. The van der Waals surface area contributed by atoms with Gasteiger partial charge in [0, 0.05) is 26.2 Å². The second kappa shape index (κ2) is 8.21. The summed E-state index contributed by atoms with van der Waals surface area (Å²) in [4.78, 5) is 25.3. The number of carbonyl (C=O) groups is 2. The van der Waals surface area contributed by atoms with Crippen molar-refractivity contribution in [3.05, 3.63) is 0 Å². The topological polar surface area (TPSA) is 67.9 Å². The molecule has 2 amide bonds. The first kappa shape index (κ1) is 16.9. The van der Waals surface area contributed by atoms with Crippen LogP contribution in [0.15, 0.2) is 0 Å². The number of nitrogens with zero attached hydrogens (tertiary/aromatic N) is 1. The van der Waals surface area contributed by atoms with Gasteiger partial charge >= 0.3 is 11.8 Å². The lowest BCUT2D eigenvalue weighted by Gasteiger charge is -2.34. The minimum atomic E-state index is -0.546. The maximum absolute atomic E-state index is 12.0. The number of hydrogen-bond acceptors (Lipinski definition) is 4. The number of ether oxygens (including phenoxy) is 2. The van der Waals surface area contributed by atoms with Crippen molar-refractivity contribution in [1.82, 2.24) is 10.2 Å². The molecule has 0 aromatic rings. The predicted molar refractivity (Wildman–Crippen MR) is 75.3 cm³/mol. The number of morpholine rings is 1. The highest BCUT2D eigenvalue weighted by Gasteiger charge is 2.29. The zero-order chi connectivity index (χ0) is 15.1. The Morgan fingerprint density at radius 2 is 1.90 bits per heavy atom. The van der Waals surface area contributed by atoms with Crippen LogP contribution in [0.1, 0.15) is 34.1 Å². The molecule has 1 aliphatic rings. The third-order valence-corrected chi connectivity index (χ3v) is 2.96. The predicted octanol–water partition coefficient (Wildman–Crippen LogP) is 0.554. The van der Waals surface area contributed by atoms with Gasteiger partial charge in [-0.3, -0.25) is 9.59 Å². The normalized spacial score (nSPS) is 22.9. The summed E-state index contributed by atoms with van der Waals surface area (Å²) in [6, 6.07) is 0. The molecule has 1 aliphatic heterocycles. The molecule has 0 spiro atoms. The first-order valence-corrected chi connectivity index (χ1v) is 7.24. The molecule has 1 fully saturated rings. The van der Waals surface area contributed by atoms with Crippen molar-refractivity contribution < 1.29 is 19.1 Å². The Balaban J connectivity index is 2.26. The zero-order valence-corrected chi connectivity index (χ0v) is 12.8. The van der Waals surface area contributed by atoms with Crippen LogP contribution in [-0.2, 0) is 19.1 Å². The van der Waals surface area contributed by atoms with Crippen LogP contribution in [-0.4, -0.2) is 61.3 Å². The fraction of sp³-hybridized carbons (Fsp3) is 0.857. The van der Waals surface area contributed by atoms with Crippen LogP contribution in [0.25, 0.3) is 0 Å². The molecular weight excluding hydrogens is 260 g/mol. The fourth-order valence-corrected chi connectivity index (χ4v) is 2.16. The molecule has 0 radical (unpaired) electrons. The molecule has 1 N–H and O–H groups in total. The Morgan fingerprint density at radius 3 is 2.45 bits per heavy atom. The molecule has 1 rings (SSSR count). The highest BCUT2D eigenvalue weighted by atomic mass is 16.5. The van der Waals surface area contributed by atoms with Gasteiger partial charge in [-0.15, -0.1) is 0 Å². The monoisotopic (exact) mass is 286 g/mol. The SMILES string of the molecule is CC(C)OCCCNC(=O)C(=O)N1CC(C)OC(C)C1. The van der Waals surface area contributed by atoms with Crippen LogP contribution in [0.4, 0.5) is 0 Å². The smallest absolute Gasteiger partial charge is 0.312 e. The summed E-state index contributed by atoms with van der Waals surface area (Å²) >= 11 is 0. The van der Waals surface area contributed by atoms with Crippen LogP contribution in [0.5, 0.6) is 0 Å². The van der Waals surface area contributed by atoms with E-state index >= 15 is 0 Å². The van der Waals surface area contributed by atoms with E-state index < -0.39 is 11.8 Å². The van der Waals surface area contributed by atoms with Crippen molar-refractivity contribution >= 4 is 11.8 Å². The van der Waals surface area contributed by atoms with E-state index in [4.69, 9.17) is 9.47 Å². The van der Waals surface area contributed by atoms with Crippen LogP contribution >= 0.6 is 0 Å². The number of carbonyl (C=O) groups excluding carboxylic acids is 2. The summed E-state index contributed by atoms with van der Waals surface area (Å²) in [5.41, 5.74) is 0. The molecule has 2 unspecified atom stereocenters. The Kier molecular flexibility index (Phi) is 6.95. The summed E-state index contributed by atoms with van der Waals surface area (Å²) in [6.45, 7) is 9.69. The molecule has 0 aliphatic carbocycles. The molecule has 1 saturated heterocycles. The van der Waals surface area contributed by atoms with Gasteiger partial charge in [0.15, 0.2) is 0 Å². The van der Waals surface area contributed by atoms with Crippen molar-refractivity contribution in [3.8, 4) is 0 Å². The lowest BCUT2D eigenvalue weighted by atomic mass is 10.2. The molecule has 2 atom stereocenters. The summed E-state index contributed by atoms with van der Waals surface area (Å²) in [7, 11) is 0. The van der Waals surface area contributed by atoms with Gasteiger partial charge in [-0.1, -0.05) is 0 Å². The Bertz CT molecular complexity index is 323. The lowest BCUT2D eigenvalue weighted by molar-refractivity contribution is -0.153. The van der Waals surface area contributed by atoms with E-state index in [-0.39, 0.29) is 18.3 Å². The average molecular weight is 286 g/mol. The summed E-state index contributed by atoms with van der Waals surface area (Å²) in [5.74, 6) is -1.02. The molecule has 0 aromatic heterocycles. The molecule has 6 heteroatoms. The summed E-state index contributed by atoms with van der Waals surface area (Å²) < 4.78 is 10.9. The molecule has 0 bridgehead atoms. The Labute approximate surface area is 120 Å². The van der Waals surface area contributed by atoms with E-state index in [0.717, 1.165) is 0 Å². The van der Waals surface area contributed by atoms with Crippen LogP contribution in [0.2, 0.25) is 0 Å². The highest BCUT2D eigenvalue weighted by Crippen LogP contribution is 2.10. The maximum atomic E-state index is 12.0. The Morgan fingerprint density at radius 1 is 1.30 bits per heavy atom. The van der Waals surface area contributed by atoms with E-state index in [1.54, 1.807) is 4.90 Å². The van der Waals surface area contributed by atoms with E-state index in [9.17, 15) is 9.59 Å². The summed E-state index contributed by atoms with van der Waals surface area (Å²) in [6.07, 6.45) is 0.821. The fourth-order valence-electron chi connectivity index (χ4n) is 2.16. The van der Waals surface area contributed by atoms with Crippen molar-refractivity contribution in [3.63, 3.8) is 0 Å². The maximum Gasteiger partial charge on any atom is 0.312 e. The van der Waals surface area contributed by atoms with Gasteiger partial charge in [-0.25, -0.2) is 0 Å². The minimum Gasteiger partial charge on any atom is -0.379 e. The zero-order valence-electron chi connectivity index (χ0n) is 12.8. The molecule has 1 heterocycles. The lowest BCUT2D eigenvalue weighted by Crippen LogP contribution is -2.52. The standard InChI is InChI=1S/C14H26N2O4/c1-10(2)19-7-5-6-15-13(17)14(18)16-8-11(3)20-12(4)9-16/h10-12H,5-9H2,1-4H3,(H,15,17). The van der Waals surface area contributed by atoms with E-state index in [1.807, 2.05) is 27.7 Å². The highest BCUT2D eigenvalue weighted by molar-refractivity contribution is 6.35. The number of amides is 2. The van der Waals surface area contributed by atoms with Crippen LogP contribution < -0.4 is 5.32 Å². The third-order valence-electron chi connectivity index (χ3n) is 2.96. The largest absolute Gasteiger partial charge is 0.379 e. The van der Waals surface area contributed by atoms with Gasteiger partial charge in [0.25, 0.3) is 0 Å². The first-order valence-electron chi connectivity index (χ1n) is 7.24. The quantitative estimate of drug-likeness (QED) is 0.592. The van der Waals surface area contributed by atoms with Crippen LogP contribution in [0.3, 0.4) is 0 Å². The molecule has 0 saturated carbocycles. The second-order valence-electron chi connectivity index (χ2n) is 5.50. The summed E-state index contributed by atoms with van der Waals surface area (Å²) in [5, 5.41) is 2.63. The number of hydrogen-bond donors (Lipinski definition) is 1. The van der Waals surface area contributed by atoms with Gasteiger partial charge in [0.05, 0.1) is 18.3 Å². The van der Waals surface area contributed by atoms with Gasteiger partial charge in [0.2, 0.25) is 0 Å². The van der Waals surface area contributed by atoms with Crippen molar-refractivity contribution in [2.75, 3.05) is 26.2 Å². The van der Waals surface area contributed by atoms with Gasteiger partial charge in [-0.2, -0.15) is 0 Å².